The molecule has 1 atom stereocenters. The minimum Gasteiger partial charge on any atom is -0.481 e. The van der Waals surface area contributed by atoms with Crippen molar-refractivity contribution in [1.82, 2.24) is 4.90 Å². The van der Waals surface area contributed by atoms with Gasteiger partial charge in [0.25, 0.3) is 0 Å². The molecule has 0 radical (unpaired) electrons. The van der Waals surface area contributed by atoms with Crippen LogP contribution in [0.4, 0.5) is 0 Å². The highest BCUT2D eigenvalue weighted by Gasteiger charge is 2.44. The van der Waals surface area contributed by atoms with Gasteiger partial charge in [-0.1, -0.05) is 38.0 Å². The number of amides is 1. The standard InChI is InChI=1S/C17H23NO3S/c1-13(15(19)20)12-18(2)16(21)17(10-6-7-11-17)22-14-8-4-3-5-9-14/h3-5,8-9,13H,6-7,10-12H2,1-2H3,(H,19,20). The zero-order valence-corrected chi connectivity index (χ0v) is 13.9. The molecule has 4 nitrogen and oxygen atoms in total. The Balaban J connectivity index is 2.13. The maximum Gasteiger partial charge on any atom is 0.308 e. The summed E-state index contributed by atoms with van der Waals surface area (Å²) in [6, 6.07) is 9.97. The SMILES string of the molecule is CC(CN(C)C(=O)C1(Sc2ccccc2)CCCC1)C(=O)O. The van der Waals surface area contributed by atoms with Crippen LogP contribution in [-0.4, -0.2) is 40.2 Å². The van der Waals surface area contributed by atoms with Gasteiger partial charge < -0.3 is 10.0 Å². The van der Waals surface area contributed by atoms with Crippen LogP contribution in [0.5, 0.6) is 0 Å². The highest BCUT2D eigenvalue weighted by Crippen LogP contribution is 2.46. The van der Waals surface area contributed by atoms with Gasteiger partial charge in [-0.05, 0) is 25.0 Å². The third-order valence-electron chi connectivity index (χ3n) is 4.17. The molecule has 1 unspecified atom stereocenters. The largest absolute Gasteiger partial charge is 0.481 e. The Morgan fingerprint density at radius 1 is 1.27 bits per heavy atom. The first-order chi connectivity index (χ1) is 10.4. The Morgan fingerprint density at radius 2 is 1.86 bits per heavy atom. The predicted octanol–water partition coefficient (Wildman–Crippen LogP) is 3.27. The minimum atomic E-state index is -0.865. The lowest BCUT2D eigenvalue weighted by molar-refractivity contribution is -0.143. The summed E-state index contributed by atoms with van der Waals surface area (Å²) in [6.07, 6.45) is 3.82. The molecule has 1 fully saturated rings. The summed E-state index contributed by atoms with van der Waals surface area (Å²) in [4.78, 5) is 26.6. The fourth-order valence-electron chi connectivity index (χ4n) is 2.94. The van der Waals surface area contributed by atoms with Crippen molar-refractivity contribution in [2.75, 3.05) is 13.6 Å². The van der Waals surface area contributed by atoms with Gasteiger partial charge in [-0.3, -0.25) is 9.59 Å². The number of hydrogen-bond donors (Lipinski definition) is 1. The molecular weight excluding hydrogens is 298 g/mol. The summed E-state index contributed by atoms with van der Waals surface area (Å²) in [5.74, 6) is -1.35. The van der Waals surface area contributed by atoms with Gasteiger partial charge in [0.1, 0.15) is 0 Å². The molecule has 0 saturated heterocycles. The first-order valence-corrected chi connectivity index (χ1v) is 8.49. The number of aliphatic carboxylic acids is 1. The van der Waals surface area contributed by atoms with Crippen LogP contribution in [0.1, 0.15) is 32.6 Å². The van der Waals surface area contributed by atoms with E-state index < -0.39 is 16.6 Å². The summed E-state index contributed by atoms with van der Waals surface area (Å²) < 4.78 is -0.436. The van der Waals surface area contributed by atoms with Gasteiger partial charge in [0.05, 0.1) is 10.7 Å². The molecule has 5 heteroatoms. The molecule has 0 bridgehead atoms. The molecule has 1 N–H and O–H groups in total. The molecule has 0 aromatic heterocycles. The molecule has 22 heavy (non-hydrogen) atoms. The van der Waals surface area contributed by atoms with Gasteiger partial charge in [0, 0.05) is 18.5 Å². The van der Waals surface area contributed by atoms with E-state index in [0.29, 0.717) is 0 Å². The molecule has 1 aromatic rings. The van der Waals surface area contributed by atoms with E-state index in [4.69, 9.17) is 5.11 Å². The number of thioether (sulfide) groups is 1. The average Bonchev–Trinajstić information content (AvgIpc) is 2.96. The van der Waals surface area contributed by atoms with Crippen LogP contribution in [0.2, 0.25) is 0 Å². The van der Waals surface area contributed by atoms with E-state index in [0.717, 1.165) is 30.6 Å². The smallest absolute Gasteiger partial charge is 0.308 e. The van der Waals surface area contributed by atoms with Crippen molar-refractivity contribution in [3.8, 4) is 0 Å². The van der Waals surface area contributed by atoms with Crippen molar-refractivity contribution < 1.29 is 14.7 Å². The van der Waals surface area contributed by atoms with Crippen molar-refractivity contribution in [3.05, 3.63) is 30.3 Å². The maximum atomic E-state index is 12.9. The van der Waals surface area contributed by atoms with Gasteiger partial charge in [0.15, 0.2) is 0 Å². The van der Waals surface area contributed by atoms with Crippen molar-refractivity contribution in [2.24, 2.45) is 5.92 Å². The molecule has 1 aliphatic carbocycles. The fourth-order valence-corrected chi connectivity index (χ4v) is 4.42. The molecule has 1 saturated carbocycles. The molecule has 1 amide bonds. The Bertz CT molecular complexity index is 526. The third-order valence-corrected chi connectivity index (χ3v) is 5.65. The van der Waals surface area contributed by atoms with E-state index in [1.54, 1.807) is 30.6 Å². The van der Waals surface area contributed by atoms with E-state index in [1.165, 1.54) is 0 Å². The quantitative estimate of drug-likeness (QED) is 0.873. The van der Waals surface area contributed by atoms with Gasteiger partial charge in [0.2, 0.25) is 5.91 Å². The van der Waals surface area contributed by atoms with E-state index in [1.807, 2.05) is 30.3 Å². The molecule has 1 aromatic carbocycles. The Kier molecular flexibility index (Phi) is 5.51. The lowest BCUT2D eigenvalue weighted by Crippen LogP contribution is -2.45. The monoisotopic (exact) mass is 321 g/mol. The number of carbonyl (C=O) groups excluding carboxylic acids is 1. The third kappa shape index (κ3) is 3.83. The summed E-state index contributed by atoms with van der Waals surface area (Å²) >= 11 is 1.63. The molecule has 2 rings (SSSR count). The molecule has 120 valence electrons. The van der Waals surface area contributed by atoms with Crippen LogP contribution in [-0.2, 0) is 9.59 Å². The van der Waals surface area contributed by atoms with Crippen LogP contribution in [0.3, 0.4) is 0 Å². The lowest BCUT2D eigenvalue weighted by Gasteiger charge is -2.32. The van der Waals surface area contributed by atoms with Crippen molar-refractivity contribution >= 4 is 23.6 Å². The van der Waals surface area contributed by atoms with Crippen LogP contribution >= 0.6 is 11.8 Å². The van der Waals surface area contributed by atoms with Crippen LogP contribution in [0.25, 0.3) is 0 Å². The summed E-state index contributed by atoms with van der Waals surface area (Å²) in [5.41, 5.74) is 0. The molecule has 0 heterocycles. The Labute approximate surface area is 135 Å². The van der Waals surface area contributed by atoms with Crippen molar-refractivity contribution in [2.45, 2.75) is 42.2 Å². The first-order valence-electron chi connectivity index (χ1n) is 7.67. The molecular formula is C17H23NO3S. The van der Waals surface area contributed by atoms with Crippen LogP contribution < -0.4 is 0 Å². The summed E-state index contributed by atoms with van der Waals surface area (Å²) in [7, 11) is 1.72. The Hall–Kier alpha value is -1.49. The van der Waals surface area contributed by atoms with Crippen molar-refractivity contribution in [1.29, 1.82) is 0 Å². The fraction of sp³-hybridized carbons (Fsp3) is 0.529. The van der Waals surface area contributed by atoms with Gasteiger partial charge in [-0.2, -0.15) is 0 Å². The topological polar surface area (TPSA) is 57.6 Å². The van der Waals surface area contributed by atoms with Crippen LogP contribution in [0, 0.1) is 5.92 Å². The number of benzene rings is 1. The van der Waals surface area contributed by atoms with Crippen molar-refractivity contribution in [3.63, 3.8) is 0 Å². The zero-order chi connectivity index (χ0) is 16.2. The van der Waals surface area contributed by atoms with E-state index in [9.17, 15) is 9.59 Å². The summed E-state index contributed by atoms with van der Waals surface area (Å²) in [6.45, 7) is 1.89. The second kappa shape index (κ2) is 7.18. The second-order valence-corrected chi connectivity index (χ2v) is 7.50. The number of carboxylic acids is 1. The average molecular weight is 321 g/mol. The number of carboxylic acid groups (broad SMARTS) is 1. The summed E-state index contributed by atoms with van der Waals surface area (Å²) in [5, 5.41) is 9.03. The molecule has 0 spiro atoms. The minimum absolute atomic E-state index is 0.0620. The second-order valence-electron chi connectivity index (χ2n) is 6.04. The van der Waals surface area contributed by atoms with Gasteiger partial charge in [-0.15, -0.1) is 11.8 Å². The normalized spacial score (nSPS) is 17.9. The number of rotatable bonds is 6. The maximum absolute atomic E-state index is 12.9. The first kappa shape index (κ1) is 16.9. The van der Waals surface area contributed by atoms with E-state index >= 15 is 0 Å². The lowest BCUT2D eigenvalue weighted by atomic mass is 10.0. The molecule has 0 aliphatic heterocycles. The van der Waals surface area contributed by atoms with Gasteiger partial charge >= 0.3 is 5.97 Å². The molecule has 1 aliphatic rings. The van der Waals surface area contributed by atoms with Gasteiger partial charge in [-0.25, -0.2) is 0 Å². The predicted molar refractivity (Wildman–Crippen MR) is 87.9 cm³/mol. The zero-order valence-electron chi connectivity index (χ0n) is 13.1. The van der Waals surface area contributed by atoms with Crippen LogP contribution in [0.15, 0.2) is 35.2 Å². The number of hydrogen-bond acceptors (Lipinski definition) is 3. The Morgan fingerprint density at radius 3 is 2.41 bits per heavy atom. The van der Waals surface area contributed by atoms with E-state index in [-0.39, 0.29) is 12.5 Å². The number of nitrogens with zero attached hydrogens (tertiary/aromatic N) is 1. The highest BCUT2D eigenvalue weighted by atomic mass is 32.2. The number of carbonyl (C=O) groups is 2. The highest BCUT2D eigenvalue weighted by molar-refractivity contribution is 8.01. The van der Waals surface area contributed by atoms with E-state index in [2.05, 4.69) is 0 Å².